The molecule has 2 aliphatic heterocycles. The van der Waals surface area contributed by atoms with Crippen LogP contribution in [0.4, 0.5) is 5.69 Å². The van der Waals surface area contributed by atoms with Crippen LogP contribution in [0.2, 0.25) is 0 Å². The molecule has 0 unspecified atom stereocenters. The van der Waals surface area contributed by atoms with E-state index >= 15 is 0 Å². The summed E-state index contributed by atoms with van der Waals surface area (Å²) in [7, 11) is 0. The van der Waals surface area contributed by atoms with Crippen molar-refractivity contribution < 1.29 is 14.7 Å². The summed E-state index contributed by atoms with van der Waals surface area (Å²) in [6.45, 7) is 11.8. The van der Waals surface area contributed by atoms with E-state index in [4.69, 9.17) is 0 Å². The minimum atomic E-state index is -0.270. The van der Waals surface area contributed by atoms with Crippen LogP contribution in [0.25, 0.3) is 5.57 Å². The Morgan fingerprint density at radius 3 is 2.12 bits per heavy atom. The molecule has 1 N–H and O–H groups in total. The summed E-state index contributed by atoms with van der Waals surface area (Å²) in [4.78, 5) is 33.0. The van der Waals surface area contributed by atoms with Crippen LogP contribution in [0.3, 0.4) is 0 Å². The monoisotopic (exact) mass is 447 g/mol. The van der Waals surface area contributed by atoms with Crippen molar-refractivity contribution in [1.29, 1.82) is 0 Å². The number of amides is 2. The molecule has 6 heteroatoms. The number of β-amino-alcohol motifs (C(OH)–C–C–N with tert-alkyl or cyclic N) is 1. The Hall–Kier alpha value is -2.96. The molecule has 0 atom stereocenters. The molecule has 2 aliphatic rings. The first-order valence-corrected chi connectivity index (χ1v) is 11.7. The molecule has 0 radical (unpaired) electrons. The van der Waals surface area contributed by atoms with Crippen molar-refractivity contribution >= 4 is 23.1 Å². The molecule has 1 saturated heterocycles. The van der Waals surface area contributed by atoms with Gasteiger partial charge < -0.3 is 10.0 Å². The zero-order chi connectivity index (χ0) is 23.7. The third kappa shape index (κ3) is 4.45. The van der Waals surface area contributed by atoms with Crippen LogP contribution in [-0.4, -0.2) is 66.1 Å². The first kappa shape index (κ1) is 23.2. The molecule has 0 saturated carbocycles. The Kier molecular flexibility index (Phi) is 6.68. The van der Waals surface area contributed by atoms with Gasteiger partial charge in [0.15, 0.2) is 0 Å². The molecule has 4 rings (SSSR count). The fourth-order valence-corrected chi connectivity index (χ4v) is 4.55. The summed E-state index contributed by atoms with van der Waals surface area (Å²) in [5.74, 6) is -0.159. The van der Waals surface area contributed by atoms with Crippen molar-refractivity contribution in [2.24, 2.45) is 0 Å². The van der Waals surface area contributed by atoms with Crippen LogP contribution in [0.1, 0.15) is 42.0 Å². The molecular weight excluding hydrogens is 414 g/mol. The molecule has 0 aliphatic carbocycles. The molecule has 1 fully saturated rings. The van der Waals surface area contributed by atoms with E-state index < -0.39 is 0 Å². The molecule has 2 aromatic carbocycles. The molecule has 2 amide bonds. The normalized spacial score (nSPS) is 17.6. The molecule has 2 aromatic rings. The maximum absolute atomic E-state index is 13.7. The maximum atomic E-state index is 13.7. The number of anilines is 1. The largest absolute Gasteiger partial charge is 0.395 e. The van der Waals surface area contributed by atoms with E-state index in [0.717, 1.165) is 29.8 Å². The highest BCUT2D eigenvalue weighted by atomic mass is 16.3. The topological polar surface area (TPSA) is 64.1 Å². The standard InChI is InChI=1S/C27H33N3O3/c1-18(2)21-7-9-23(10-8-21)30-26(32)24(22-6-5-19(3)20(4)17-22)25(27(30)33)29-13-11-28(12-14-29)15-16-31/h5-10,17-18,31H,11-16H2,1-4H3. The van der Waals surface area contributed by atoms with Gasteiger partial charge >= 0.3 is 0 Å². The molecule has 0 spiro atoms. The second-order valence-corrected chi connectivity index (χ2v) is 9.27. The molecule has 0 bridgehead atoms. The van der Waals surface area contributed by atoms with Gasteiger partial charge in [0, 0.05) is 32.7 Å². The Labute approximate surface area is 196 Å². The van der Waals surface area contributed by atoms with E-state index in [9.17, 15) is 14.7 Å². The quantitative estimate of drug-likeness (QED) is 0.689. The smallest absolute Gasteiger partial charge is 0.282 e. The van der Waals surface area contributed by atoms with Crippen LogP contribution in [0.15, 0.2) is 48.2 Å². The lowest BCUT2D eigenvalue weighted by atomic mass is 9.99. The van der Waals surface area contributed by atoms with Gasteiger partial charge in [-0.2, -0.15) is 0 Å². The van der Waals surface area contributed by atoms with Gasteiger partial charge in [0.2, 0.25) is 0 Å². The van der Waals surface area contributed by atoms with Gasteiger partial charge in [0.05, 0.1) is 17.9 Å². The van der Waals surface area contributed by atoms with Gasteiger partial charge in [-0.1, -0.05) is 44.2 Å². The van der Waals surface area contributed by atoms with Crippen molar-refractivity contribution in [2.75, 3.05) is 44.2 Å². The highest BCUT2D eigenvalue weighted by molar-refractivity contribution is 6.45. The van der Waals surface area contributed by atoms with E-state index in [2.05, 4.69) is 18.7 Å². The van der Waals surface area contributed by atoms with Gasteiger partial charge in [0.25, 0.3) is 11.8 Å². The maximum Gasteiger partial charge on any atom is 0.282 e. The molecule has 2 heterocycles. The summed E-state index contributed by atoms with van der Waals surface area (Å²) in [5.41, 5.74) is 5.76. The van der Waals surface area contributed by atoms with Crippen LogP contribution in [0, 0.1) is 13.8 Å². The highest BCUT2D eigenvalue weighted by Gasteiger charge is 2.43. The van der Waals surface area contributed by atoms with Crippen molar-refractivity contribution in [3.8, 4) is 0 Å². The number of carbonyl (C=O) groups is 2. The molecule has 174 valence electrons. The van der Waals surface area contributed by atoms with E-state index in [1.165, 1.54) is 10.5 Å². The molecule has 33 heavy (non-hydrogen) atoms. The second-order valence-electron chi connectivity index (χ2n) is 9.27. The average molecular weight is 448 g/mol. The van der Waals surface area contributed by atoms with E-state index in [1.54, 1.807) is 0 Å². The van der Waals surface area contributed by atoms with E-state index in [-0.39, 0.29) is 18.4 Å². The SMILES string of the molecule is Cc1ccc(C2=C(N3CCN(CCO)CC3)C(=O)N(c3ccc(C(C)C)cc3)C2=O)cc1C. The Bertz CT molecular complexity index is 1080. The fraction of sp³-hybridized carbons (Fsp3) is 0.407. The molecule has 6 nitrogen and oxygen atoms in total. The van der Waals surface area contributed by atoms with E-state index in [0.29, 0.717) is 42.5 Å². The van der Waals surface area contributed by atoms with Gasteiger partial charge in [-0.3, -0.25) is 14.5 Å². The van der Waals surface area contributed by atoms with Crippen molar-refractivity contribution in [3.63, 3.8) is 0 Å². The summed E-state index contributed by atoms with van der Waals surface area (Å²) >= 11 is 0. The summed E-state index contributed by atoms with van der Waals surface area (Å²) in [6.07, 6.45) is 0. The minimum Gasteiger partial charge on any atom is -0.395 e. The Morgan fingerprint density at radius 1 is 0.879 bits per heavy atom. The minimum absolute atomic E-state index is 0.119. The lowest BCUT2D eigenvalue weighted by molar-refractivity contribution is -0.120. The number of hydrogen-bond donors (Lipinski definition) is 1. The summed E-state index contributed by atoms with van der Waals surface area (Å²) in [6, 6.07) is 13.7. The third-order valence-electron chi connectivity index (χ3n) is 6.78. The highest BCUT2D eigenvalue weighted by Crippen LogP contribution is 2.36. The van der Waals surface area contributed by atoms with Gasteiger partial charge in [-0.15, -0.1) is 0 Å². The number of imide groups is 1. The number of hydrogen-bond acceptors (Lipinski definition) is 5. The van der Waals surface area contributed by atoms with Crippen LogP contribution in [0.5, 0.6) is 0 Å². The number of rotatable bonds is 6. The fourth-order valence-electron chi connectivity index (χ4n) is 4.55. The Balaban J connectivity index is 1.74. The average Bonchev–Trinajstić information content (AvgIpc) is 3.06. The number of aliphatic hydroxyl groups is 1. The van der Waals surface area contributed by atoms with Crippen molar-refractivity contribution in [3.05, 3.63) is 70.4 Å². The van der Waals surface area contributed by atoms with Gasteiger partial charge in [0.1, 0.15) is 5.70 Å². The van der Waals surface area contributed by atoms with Crippen molar-refractivity contribution in [2.45, 2.75) is 33.6 Å². The lowest BCUT2D eigenvalue weighted by Crippen LogP contribution is -2.48. The number of nitrogens with zero attached hydrogens (tertiary/aromatic N) is 3. The first-order valence-electron chi connectivity index (χ1n) is 11.7. The van der Waals surface area contributed by atoms with E-state index in [1.807, 2.05) is 61.2 Å². The molecular formula is C27H33N3O3. The Morgan fingerprint density at radius 2 is 1.55 bits per heavy atom. The summed E-state index contributed by atoms with van der Waals surface area (Å²) < 4.78 is 0. The van der Waals surface area contributed by atoms with Gasteiger partial charge in [-0.25, -0.2) is 4.90 Å². The second kappa shape index (κ2) is 9.49. The van der Waals surface area contributed by atoms with Crippen molar-refractivity contribution in [1.82, 2.24) is 9.80 Å². The number of carbonyl (C=O) groups excluding carboxylic acids is 2. The number of aryl methyl sites for hydroxylation is 2. The number of aliphatic hydroxyl groups excluding tert-OH is 1. The third-order valence-corrected chi connectivity index (χ3v) is 6.78. The number of benzene rings is 2. The molecule has 0 aromatic heterocycles. The predicted octanol–water partition coefficient (Wildman–Crippen LogP) is 3.32. The predicted molar refractivity (Wildman–Crippen MR) is 131 cm³/mol. The van der Waals surface area contributed by atoms with Crippen LogP contribution >= 0.6 is 0 Å². The number of piperazine rings is 1. The zero-order valence-corrected chi connectivity index (χ0v) is 20.0. The lowest BCUT2D eigenvalue weighted by Gasteiger charge is -2.36. The van der Waals surface area contributed by atoms with Crippen LogP contribution in [-0.2, 0) is 9.59 Å². The zero-order valence-electron chi connectivity index (χ0n) is 20.0. The van der Waals surface area contributed by atoms with Gasteiger partial charge in [-0.05, 0) is 54.2 Å². The summed E-state index contributed by atoms with van der Waals surface area (Å²) in [5, 5.41) is 9.26. The first-order chi connectivity index (χ1) is 15.8. The van der Waals surface area contributed by atoms with Crippen LogP contribution < -0.4 is 4.90 Å².